The fourth-order valence-electron chi connectivity index (χ4n) is 2.01. The number of nitrogens with one attached hydrogen (secondary N) is 2. The van der Waals surface area contributed by atoms with Crippen LogP contribution < -0.4 is 16.4 Å². The van der Waals surface area contributed by atoms with Crippen LogP contribution in [0.15, 0.2) is 24.5 Å². The molecule has 0 aliphatic heterocycles. The van der Waals surface area contributed by atoms with E-state index in [0.29, 0.717) is 17.5 Å². The number of nitrogens with zero attached hydrogens (tertiary/aromatic N) is 2. The minimum atomic E-state index is -0.341. The molecule has 1 fully saturated rings. The number of aromatic nitrogens is 2. The first-order valence-corrected chi connectivity index (χ1v) is 6.70. The maximum absolute atomic E-state index is 12.0. The molecule has 104 valence electrons. The molecule has 1 aromatic heterocycles. The van der Waals surface area contributed by atoms with Crippen LogP contribution in [0, 0.1) is 0 Å². The molecule has 1 aromatic carbocycles. The second-order valence-corrected chi connectivity index (χ2v) is 5.15. The van der Waals surface area contributed by atoms with Crippen LogP contribution in [0.5, 0.6) is 0 Å². The highest BCUT2D eigenvalue weighted by Gasteiger charge is 2.25. The van der Waals surface area contributed by atoms with E-state index in [1.807, 2.05) is 13.0 Å². The molecule has 1 unspecified atom stereocenters. The van der Waals surface area contributed by atoms with E-state index in [1.54, 1.807) is 12.1 Å². The van der Waals surface area contributed by atoms with Crippen LogP contribution in [-0.2, 0) is 4.79 Å². The van der Waals surface area contributed by atoms with Gasteiger partial charge >= 0.3 is 0 Å². The van der Waals surface area contributed by atoms with E-state index < -0.39 is 0 Å². The van der Waals surface area contributed by atoms with Crippen molar-refractivity contribution < 1.29 is 4.79 Å². The van der Waals surface area contributed by atoms with Gasteiger partial charge < -0.3 is 16.4 Å². The molecular formula is C14H17N5O. The molecule has 6 nitrogen and oxygen atoms in total. The number of carbonyl (C=O) groups excluding carboxylic acids is 1. The number of hydrogen-bond donors (Lipinski definition) is 3. The lowest BCUT2D eigenvalue weighted by Crippen LogP contribution is -2.38. The third-order valence-electron chi connectivity index (χ3n) is 3.33. The van der Waals surface area contributed by atoms with Gasteiger partial charge in [-0.3, -0.25) is 4.79 Å². The normalized spacial score (nSPS) is 15.8. The summed E-state index contributed by atoms with van der Waals surface area (Å²) in [6.45, 7) is 1.82. The Morgan fingerprint density at radius 2 is 2.20 bits per heavy atom. The largest absolute Gasteiger partial charge is 0.399 e. The van der Waals surface area contributed by atoms with Crippen molar-refractivity contribution in [2.45, 2.75) is 31.8 Å². The number of amides is 1. The summed E-state index contributed by atoms with van der Waals surface area (Å²) in [6, 6.07) is 5.46. The molecule has 1 aliphatic carbocycles. The smallest absolute Gasteiger partial charge is 0.242 e. The van der Waals surface area contributed by atoms with Gasteiger partial charge in [-0.25, -0.2) is 9.97 Å². The van der Waals surface area contributed by atoms with Crippen molar-refractivity contribution in [2.75, 3.05) is 11.1 Å². The van der Waals surface area contributed by atoms with E-state index >= 15 is 0 Å². The van der Waals surface area contributed by atoms with Crippen LogP contribution >= 0.6 is 0 Å². The Labute approximate surface area is 116 Å². The summed E-state index contributed by atoms with van der Waals surface area (Å²) >= 11 is 0. The average molecular weight is 271 g/mol. The Balaban J connectivity index is 1.80. The van der Waals surface area contributed by atoms with E-state index in [9.17, 15) is 4.79 Å². The first-order chi connectivity index (χ1) is 9.63. The van der Waals surface area contributed by atoms with Crippen LogP contribution in [0.3, 0.4) is 0 Å². The summed E-state index contributed by atoms with van der Waals surface area (Å²) in [5.41, 5.74) is 7.16. The summed E-state index contributed by atoms with van der Waals surface area (Å²) in [7, 11) is 0. The minimum absolute atomic E-state index is 0.00490. The predicted molar refractivity (Wildman–Crippen MR) is 78.2 cm³/mol. The first-order valence-electron chi connectivity index (χ1n) is 6.70. The van der Waals surface area contributed by atoms with Gasteiger partial charge in [0.1, 0.15) is 18.2 Å². The van der Waals surface area contributed by atoms with E-state index in [-0.39, 0.29) is 11.9 Å². The number of nitrogens with two attached hydrogens (primary N) is 1. The maximum atomic E-state index is 12.0. The van der Waals surface area contributed by atoms with E-state index in [4.69, 9.17) is 5.73 Å². The molecule has 2 aromatic rings. The minimum Gasteiger partial charge on any atom is -0.399 e. The predicted octanol–water partition coefficient (Wildman–Crippen LogP) is 1.29. The summed E-state index contributed by atoms with van der Waals surface area (Å²) in [6.07, 6.45) is 3.62. The SMILES string of the molecule is CC(Nc1ncnc2cc(N)ccc12)C(=O)NC1CC1. The highest BCUT2D eigenvalue weighted by atomic mass is 16.2. The number of fused-ring (bicyclic) bond motifs is 1. The van der Waals surface area contributed by atoms with Gasteiger partial charge in [0, 0.05) is 17.1 Å². The van der Waals surface area contributed by atoms with Crippen molar-refractivity contribution in [3.05, 3.63) is 24.5 Å². The third-order valence-corrected chi connectivity index (χ3v) is 3.33. The molecule has 0 spiro atoms. The Morgan fingerprint density at radius 3 is 2.95 bits per heavy atom. The summed E-state index contributed by atoms with van der Waals surface area (Å²) < 4.78 is 0. The van der Waals surface area contributed by atoms with Crippen molar-refractivity contribution in [3.63, 3.8) is 0 Å². The number of hydrogen-bond acceptors (Lipinski definition) is 5. The van der Waals surface area contributed by atoms with Gasteiger partial charge in [-0.1, -0.05) is 0 Å². The quantitative estimate of drug-likeness (QED) is 0.729. The maximum Gasteiger partial charge on any atom is 0.242 e. The van der Waals surface area contributed by atoms with Crippen molar-refractivity contribution in [1.29, 1.82) is 0 Å². The Kier molecular flexibility index (Phi) is 3.14. The molecule has 20 heavy (non-hydrogen) atoms. The summed E-state index contributed by atoms with van der Waals surface area (Å²) in [5, 5.41) is 6.95. The zero-order valence-electron chi connectivity index (χ0n) is 11.3. The van der Waals surface area contributed by atoms with Gasteiger partial charge in [-0.2, -0.15) is 0 Å². The molecular weight excluding hydrogens is 254 g/mol. The van der Waals surface area contributed by atoms with E-state index in [0.717, 1.165) is 23.7 Å². The van der Waals surface area contributed by atoms with E-state index in [2.05, 4.69) is 20.6 Å². The zero-order chi connectivity index (χ0) is 14.1. The molecule has 6 heteroatoms. The number of rotatable bonds is 4. The Bertz CT molecular complexity index is 653. The Morgan fingerprint density at radius 1 is 1.40 bits per heavy atom. The Hall–Kier alpha value is -2.37. The van der Waals surface area contributed by atoms with Crippen molar-refractivity contribution >= 4 is 28.3 Å². The number of benzene rings is 1. The van der Waals surface area contributed by atoms with Gasteiger partial charge in [0.15, 0.2) is 0 Å². The molecule has 0 radical (unpaired) electrons. The molecule has 3 rings (SSSR count). The average Bonchev–Trinajstić information content (AvgIpc) is 3.22. The summed E-state index contributed by atoms with van der Waals surface area (Å²) in [4.78, 5) is 20.3. The molecule has 1 aliphatic rings. The summed E-state index contributed by atoms with van der Waals surface area (Å²) in [5.74, 6) is 0.642. The molecule has 4 N–H and O–H groups in total. The van der Waals surface area contributed by atoms with Gasteiger partial charge in [0.05, 0.1) is 5.52 Å². The van der Waals surface area contributed by atoms with Gasteiger partial charge in [-0.05, 0) is 38.0 Å². The molecule has 1 atom stereocenters. The fourth-order valence-corrected chi connectivity index (χ4v) is 2.01. The zero-order valence-corrected chi connectivity index (χ0v) is 11.3. The van der Waals surface area contributed by atoms with Crippen molar-refractivity contribution in [2.24, 2.45) is 0 Å². The van der Waals surface area contributed by atoms with Crippen LogP contribution in [0.2, 0.25) is 0 Å². The van der Waals surface area contributed by atoms with Gasteiger partial charge in [-0.15, -0.1) is 0 Å². The third kappa shape index (κ3) is 2.64. The first kappa shape index (κ1) is 12.7. The molecule has 1 amide bonds. The number of anilines is 2. The van der Waals surface area contributed by atoms with Crippen molar-refractivity contribution in [1.82, 2.24) is 15.3 Å². The lowest BCUT2D eigenvalue weighted by Gasteiger charge is -2.15. The number of nitrogen functional groups attached to an aromatic ring is 1. The molecule has 1 heterocycles. The standard InChI is InChI=1S/C14H17N5O/c1-8(14(20)19-10-3-4-10)18-13-11-5-2-9(15)6-12(11)16-7-17-13/h2,5-8,10H,3-4,15H2,1H3,(H,19,20)(H,16,17,18). The van der Waals surface area contributed by atoms with E-state index in [1.165, 1.54) is 6.33 Å². The number of carbonyl (C=O) groups is 1. The lowest BCUT2D eigenvalue weighted by molar-refractivity contribution is -0.121. The highest BCUT2D eigenvalue weighted by molar-refractivity contribution is 5.93. The topological polar surface area (TPSA) is 92.9 Å². The second-order valence-electron chi connectivity index (χ2n) is 5.15. The molecule has 1 saturated carbocycles. The lowest BCUT2D eigenvalue weighted by atomic mass is 10.2. The van der Waals surface area contributed by atoms with Crippen LogP contribution in [0.4, 0.5) is 11.5 Å². The van der Waals surface area contributed by atoms with Gasteiger partial charge in [0.2, 0.25) is 5.91 Å². The fraction of sp³-hybridized carbons (Fsp3) is 0.357. The van der Waals surface area contributed by atoms with Crippen LogP contribution in [-0.4, -0.2) is 28.0 Å². The monoisotopic (exact) mass is 271 g/mol. The molecule has 0 saturated heterocycles. The molecule has 0 bridgehead atoms. The van der Waals surface area contributed by atoms with Crippen molar-refractivity contribution in [3.8, 4) is 0 Å². The van der Waals surface area contributed by atoms with Crippen LogP contribution in [0.25, 0.3) is 10.9 Å². The van der Waals surface area contributed by atoms with Gasteiger partial charge in [0.25, 0.3) is 0 Å². The second kappa shape index (κ2) is 4.96. The van der Waals surface area contributed by atoms with Crippen LogP contribution in [0.1, 0.15) is 19.8 Å². The highest BCUT2D eigenvalue weighted by Crippen LogP contribution is 2.22.